The second kappa shape index (κ2) is 10.3. The summed E-state index contributed by atoms with van der Waals surface area (Å²) in [7, 11) is 0. The van der Waals surface area contributed by atoms with E-state index in [-0.39, 0.29) is 37.7 Å². The van der Waals surface area contributed by atoms with E-state index in [1.807, 2.05) is 42.5 Å². The Labute approximate surface area is 232 Å². The molecule has 0 spiro atoms. The van der Waals surface area contributed by atoms with Crippen LogP contribution in [0.2, 0.25) is 0 Å². The van der Waals surface area contributed by atoms with Crippen molar-refractivity contribution < 1.29 is 24.3 Å². The van der Waals surface area contributed by atoms with Gasteiger partial charge in [0, 0.05) is 25.1 Å². The van der Waals surface area contributed by atoms with E-state index in [0.29, 0.717) is 22.5 Å². The Morgan fingerprint density at radius 1 is 0.800 bits per heavy atom. The third-order valence-electron chi connectivity index (χ3n) is 8.61. The van der Waals surface area contributed by atoms with E-state index in [9.17, 15) is 24.3 Å². The van der Waals surface area contributed by atoms with Crippen LogP contribution in [0.3, 0.4) is 0 Å². The number of carboxylic acid groups (broad SMARTS) is 1. The highest BCUT2D eigenvalue weighted by atomic mass is 16.4. The number of Topliss-reactive ketones (excluding diaryl/α,β-unsaturated/α-hetero) is 1. The minimum Gasteiger partial charge on any atom is -0.480 e. The molecule has 1 atom stereocenters. The van der Waals surface area contributed by atoms with Crippen molar-refractivity contribution in [1.29, 1.82) is 0 Å². The molecule has 204 valence electrons. The Bertz CT molecular complexity index is 1480. The van der Waals surface area contributed by atoms with Crippen molar-refractivity contribution in [3.05, 3.63) is 95.6 Å². The van der Waals surface area contributed by atoms with Crippen molar-refractivity contribution in [3.63, 3.8) is 0 Å². The van der Waals surface area contributed by atoms with E-state index in [4.69, 9.17) is 0 Å². The molecule has 0 bridgehead atoms. The molecule has 8 nitrogen and oxygen atoms in total. The molecule has 0 unspecified atom stereocenters. The van der Waals surface area contributed by atoms with Gasteiger partial charge in [0.1, 0.15) is 6.04 Å². The Morgan fingerprint density at radius 2 is 1.45 bits per heavy atom. The second-order valence-electron chi connectivity index (χ2n) is 10.8. The van der Waals surface area contributed by atoms with E-state index < -0.39 is 23.5 Å². The fourth-order valence-corrected chi connectivity index (χ4v) is 6.59. The molecule has 0 aromatic heterocycles. The van der Waals surface area contributed by atoms with E-state index >= 15 is 0 Å². The van der Waals surface area contributed by atoms with Gasteiger partial charge in [-0.05, 0) is 42.2 Å². The van der Waals surface area contributed by atoms with Gasteiger partial charge in [-0.15, -0.1) is 0 Å². The molecule has 1 saturated heterocycles. The molecule has 2 aliphatic heterocycles. The molecule has 2 fully saturated rings. The molecule has 6 rings (SSSR count). The van der Waals surface area contributed by atoms with Crippen LogP contribution in [0.25, 0.3) is 0 Å². The van der Waals surface area contributed by atoms with Crippen LogP contribution in [0.1, 0.15) is 47.2 Å². The smallest absolute Gasteiger partial charge is 0.330 e. The third-order valence-corrected chi connectivity index (χ3v) is 8.61. The van der Waals surface area contributed by atoms with E-state index in [0.717, 1.165) is 31.2 Å². The molecule has 3 amide bonds. The third kappa shape index (κ3) is 4.24. The summed E-state index contributed by atoms with van der Waals surface area (Å²) in [5.74, 6) is -1.34. The van der Waals surface area contributed by atoms with Gasteiger partial charge in [-0.2, -0.15) is 0 Å². The summed E-state index contributed by atoms with van der Waals surface area (Å²) < 4.78 is 0. The number of anilines is 2. The molecule has 3 aliphatic rings. The van der Waals surface area contributed by atoms with Gasteiger partial charge in [0.25, 0.3) is 0 Å². The SMILES string of the molecule is O=C1Cc2ccccc2N(C(=O)N2CCN(C(=O)C3(c4ccccc4)CCCC3)C[C@H]2C(=O)O)c2ccccc21. The largest absolute Gasteiger partial charge is 0.480 e. The molecule has 1 saturated carbocycles. The van der Waals surface area contributed by atoms with Crippen LogP contribution >= 0.6 is 0 Å². The monoisotopic (exact) mass is 537 g/mol. The number of hydrogen-bond donors (Lipinski definition) is 1. The number of nitrogens with zero attached hydrogens (tertiary/aromatic N) is 3. The molecule has 3 aromatic carbocycles. The first-order valence-electron chi connectivity index (χ1n) is 13.8. The average molecular weight is 538 g/mol. The molecule has 0 radical (unpaired) electrons. The lowest BCUT2D eigenvalue weighted by molar-refractivity contribution is -0.148. The standard InChI is InChI=1S/C32H31N3O5/c36-28-20-22-10-4-6-14-25(22)35(26-15-7-5-13-24(26)28)31(40)34-19-18-33(21-27(34)29(37)38)30(39)32(16-8-9-17-32)23-11-2-1-3-12-23/h1-7,10-15,27H,8-9,16-21H2,(H,37,38)/t27-/m0/s1. The van der Waals surface area contributed by atoms with Crippen molar-refractivity contribution in [2.75, 3.05) is 24.5 Å². The summed E-state index contributed by atoms with van der Waals surface area (Å²) in [5.41, 5.74) is 2.40. The number of benzene rings is 3. The molecular weight excluding hydrogens is 506 g/mol. The maximum atomic E-state index is 14.2. The lowest BCUT2D eigenvalue weighted by atomic mass is 9.77. The Hall–Kier alpha value is -4.46. The van der Waals surface area contributed by atoms with Gasteiger partial charge < -0.3 is 14.9 Å². The number of hydrogen-bond acceptors (Lipinski definition) is 4. The number of carbonyl (C=O) groups excluding carboxylic acids is 3. The van der Waals surface area contributed by atoms with Gasteiger partial charge in [0.15, 0.2) is 5.78 Å². The number of fused-ring (bicyclic) bond motifs is 2. The minimum absolute atomic E-state index is 0.0643. The van der Waals surface area contributed by atoms with E-state index in [1.165, 1.54) is 9.80 Å². The van der Waals surface area contributed by atoms with Gasteiger partial charge in [-0.1, -0.05) is 73.5 Å². The summed E-state index contributed by atoms with van der Waals surface area (Å²) in [6.45, 7) is 0.213. The van der Waals surface area contributed by atoms with Gasteiger partial charge in [0.2, 0.25) is 5.91 Å². The van der Waals surface area contributed by atoms with Crippen LogP contribution in [-0.4, -0.2) is 64.3 Å². The number of rotatable bonds is 3. The zero-order valence-corrected chi connectivity index (χ0v) is 22.2. The maximum absolute atomic E-state index is 14.2. The fraction of sp³-hybridized carbons (Fsp3) is 0.312. The van der Waals surface area contributed by atoms with Crippen molar-refractivity contribution in [3.8, 4) is 0 Å². The van der Waals surface area contributed by atoms with Crippen LogP contribution < -0.4 is 4.90 Å². The average Bonchev–Trinajstić information content (AvgIpc) is 3.45. The first kappa shape index (κ1) is 25.8. The number of ketones is 1. The first-order chi connectivity index (χ1) is 19.4. The molecule has 1 N–H and O–H groups in total. The number of amides is 3. The van der Waals surface area contributed by atoms with E-state index in [2.05, 4.69) is 0 Å². The van der Waals surface area contributed by atoms with Gasteiger partial charge in [0.05, 0.1) is 23.3 Å². The Balaban J connectivity index is 1.33. The van der Waals surface area contributed by atoms with E-state index in [1.54, 1.807) is 41.3 Å². The summed E-state index contributed by atoms with van der Waals surface area (Å²) in [4.78, 5) is 58.4. The van der Waals surface area contributed by atoms with Crippen molar-refractivity contribution in [2.45, 2.75) is 43.6 Å². The van der Waals surface area contributed by atoms with Gasteiger partial charge in [-0.3, -0.25) is 14.5 Å². The molecule has 8 heteroatoms. The molecule has 1 aliphatic carbocycles. The van der Waals surface area contributed by atoms with Gasteiger partial charge >= 0.3 is 12.0 Å². The quantitative estimate of drug-likeness (QED) is 0.518. The summed E-state index contributed by atoms with van der Waals surface area (Å²) in [6.07, 6.45) is 3.47. The molecule has 2 heterocycles. The Morgan fingerprint density at radius 3 is 2.17 bits per heavy atom. The minimum atomic E-state index is -1.22. The zero-order chi connectivity index (χ0) is 27.9. The highest BCUT2D eigenvalue weighted by Crippen LogP contribution is 2.43. The highest BCUT2D eigenvalue weighted by Gasteiger charge is 2.48. The van der Waals surface area contributed by atoms with Crippen molar-refractivity contribution >= 4 is 35.1 Å². The fourth-order valence-electron chi connectivity index (χ4n) is 6.59. The molecule has 40 heavy (non-hydrogen) atoms. The van der Waals surface area contributed by atoms with Crippen molar-refractivity contribution in [1.82, 2.24) is 9.80 Å². The number of aliphatic carboxylic acids is 1. The van der Waals surface area contributed by atoms with Gasteiger partial charge in [-0.25, -0.2) is 9.59 Å². The van der Waals surface area contributed by atoms with Crippen LogP contribution in [0.5, 0.6) is 0 Å². The summed E-state index contributed by atoms with van der Waals surface area (Å²) >= 11 is 0. The van der Waals surface area contributed by atoms with Crippen LogP contribution in [0, 0.1) is 0 Å². The Kier molecular flexibility index (Phi) is 6.62. The zero-order valence-electron chi connectivity index (χ0n) is 22.2. The highest BCUT2D eigenvalue weighted by molar-refractivity contribution is 6.12. The summed E-state index contributed by atoms with van der Waals surface area (Å²) in [5, 5.41) is 10.3. The van der Waals surface area contributed by atoms with Crippen molar-refractivity contribution in [2.24, 2.45) is 0 Å². The number of para-hydroxylation sites is 2. The number of piperazine rings is 1. The van der Waals surface area contributed by atoms with Crippen LogP contribution in [0.4, 0.5) is 16.2 Å². The normalized spacial score (nSPS) is 19.9. The molecule has 3 aromatic rings. The lowest BCUT2D eigenvalue weighted by Gasteiger charge is -2.44. The maximum Gasteiger partial charge on any atom is 0.330 e. The summed E-state index contributed by atoms with van der Waals surface area (Å²) in [6, 6.07) is 22.1. The number of carboxylic acids is 1. The predicted octanol–water partition coefficient (Wildman–Crippen LogP) is 4.79. The predicted molar refractivity (Wildman–Crippen MR) is 150 cm³/mol. The first-order valence-corrected chi connectivity index (χ1v) is 13.8. The van der Waals surface area contributed by atoms with Crippen LogP contribution in [-0.2, 0) is 21.4 Å². The number of urea groups is 1. The topological polar surface area (TPSA) is 98.2 Å². The number of carbonyl (C=O) groups is 4. The second-order valence-corrected chi connectivity index (χ2v) is 10.8. The lowest BCUT2D eigenvalue weighted by Crippen LogP contribution is -2.63. The van der Waals surface area contributed by atoms with Crippen LogP contribution in [0.15, 0.2) is 78.9 Å². The molecular formula is C32H31N3O5.